The molecule has 1 aromatic heterocycles. The van der Waals surface area contributed by atoms with E-state index in [0.717, 1.165) is 20.8 Å². The highest BCUT2D eigenvalue weighted by Gasteiger charge is 2.12. The number of aliphatic carboxylic acids is 1. The van der Waals surface area contributed by atoms with Crippen molar-refractivity contribution in [2.75, 3.05) is 7.11 Å². The van der Waals surface area contributed by atoms with Crippen LogP contribution in [0.1, 0.15) is 23.4 Å². The Balaban J connectivity index is 2.01. The fourth-order valence-corrected chi connectivity index (χ4v) is 3.47. The molecule has 0 fully saturated rings. The minimum atomic E-state index is -0.882. The molecule has 2 aromatic carbocycles. The number of carbonyl (C=O) groups is 1. The monoisotopic (exact) mass is 357 g/mol. The number of para-hydroxylation sites is 1. The second kappa shape index (κ2) is 7.44. The van der Waals surface area contributed by atoms with Crippen molar-refractivity contribution < 1.29 is 19.0 Å². The van der Waals surface area contributed by atoms with Crippen molar-refractivity contribution in [3.63, 3.8) is 0 Å². The van der Waals surface area contributed by atoms with Gasteiger partial charge in [-0.3, -0.25) is 4.79 Å². The van der Waals surface area contributed by atoms with Crippen LogP contribution in [0.15, 0.2) is 42.5 Å². The normalized spacial score (nSPS) is 11.7. The number of carboxylic acid groups (broad SMARTS) is 1. The Labute approximate surface area is 148 Å². The lowest BCUT2D eigenvalue weighted by Gasteiger charge is -2.05. The molecule has 0 aliphatic heterocycles. The van der Waals surface area contributed by atoms with E-state index in [9.17, 15) is 9.18 Å². The first-order chi connectivity index (χ1) is 12.1. The highest BCUT2D eigenvalue weighted by atomic mass is 32.1. The molecule has 0 aliphatic carbocycles. The Morgan fingerprint density at radius 1 is 1.28 bits per heavy atom. The number of halogens is 1. The number of allylic oxidation sites excluding steroid dienone is 1. The lowest BCUT2D eigenvalue weighted by molar-refractivity contribution is -0.136. The molecule has 6 heteroatoms. The molecule has 0 aliphatic rings. The number of benzene rings is 2. The van der Waals surface area contributed by atoms with Crippen molar-refractivity contribution in [1.82, 2.24) is 4.98 Å². The third kappa shape index (κ3) is 4.03. The number of rotatable bonds is 6. The fraction of sp³-hybridized carbons (Fsp3) is 0.158. The summed E-state index contributed by atoms with van der Waals surface area (Å²) in [4.78, 5) is 15.6. The molecule has 0 bridgehead atoms. The molecule has 0 radical (unpaired) electrons. The molecule has 4 nitrogen and oxygen atoms in total. The number of nitrogens with zero attached hydrogens (tertiary/aromatic N) is 1. The molecule has 1 N–H and O–H groups in total. The summed E-state index contributed by atoms with van der Waals surface area (Å²) in [6.45, 7) is 0. The van der Waals surface area contributed by atoms with Crippen LogP contribution < -0.4 is 4.74 Å². The number of methoxy groups -OCH3 is 1. The summed E-state index contributed by atoms with van der Waals surface area (Å²) in [5.41, 5.74) is 2.27. The average molecular weight is 357 g/mol. The van der Waals surface area contributed by atoms with Crippen molar-refractivity contribution in [3.8, 4) is 5.75 Å². The topological polar surface area (TPSA) is 59.4 Å². The standard InChI is InChI=1S/C19H16FNO3S/c1-24-16-8-6-12(11-14(16)20)10-13(7-9-18(22)23)19-21-15-4-2-3-5-17(15)25-19/h2-6,8,10-11H,7,9H2,1H3,(H,22,23)/b13-10+. The molecular weight excluding hydrogens is 341 g/mol. The summed E-state index contributed by atoms with van der Waals surface area (Å²) in [6.07, 6.45) is 2.09. The van der Waals surface area contributed by atoms with E-state index >= 15 is 0 Å². The van der Waals surface area contributed by atoms with E-state index in [0.29, 0.717) is 12.0 Å². The van der Waals surface area contributed by atoms with Gasteiger partial charge in [-0.05, 0) is 47.9 Å². The second-order valence-electron chi connectivity index (χ2n) is 5.44. The number of hydrogen-bond acceptors (Lipinski definition) is 4. The molecule has 0 saturated carbocycles. The highest BCUT2D eigenvalue weighted by Crippen LogP contribution is 2.31. The van der Waals surface area contributed by atoms with Crippen LogP contribution in [0.2, 0.25) is 0 Å². The van der Waals surface area contributed by atoms with E-state index in [2.05, 4.69) is 4.98 Å². The molecule has 25 heavy (non-hydrogen) atoms. The van der Waals surface area contributed by atoms with Gasteiger partial charge in [0.05, 0.1) is 17.3 Å². The number of fused-ring (bicyclic) bond motifs is 1. The Morgan fingerprint density at radius 2 is 2.08 bits per heavy atom. The number of carboxylic acids is 1. The van der Waals surface area contributed by atoms with Crippen LogP contribution in [0, 0.1) is 5.82 Å². The Kier molecular flexibility index (Phi) is 5.09. The maximum Gasteiger partial charge on any atom is 0.303 e. The van der Waals surface area contributed by atoms with Crippen molar-refractivity contribution in [1.29, 1.82) is 0 Å². The molecule has 0 atom stereocenters. The summed E-state index contributed by atoms with van der Waals surface area (Å²) in [7, 11) is 1.41. The lowest BCUT2D eigenvalue weighted by Crippen LogP contribution is -1.96. The third-order valence-electron chi connectivity index (χ3n) is 3.69. The first-order valence-electron chi connectivity index (χ1n) is 7.68. The van der Waals surface area contributed by atoms with Crippen LogP contribution in [0.5, 0.6) is 5.75 Å². The molecule has 0 saturated heterocycles. The van der Waals surface area contributed by atoms with Gasteiger partial charge in [-0.25, -0.2) is 9.37 Å². The van der Waals surface area contributed by atoms with Gasteiger partial charge in [-0.1, -0.05) is 18.2 Å². The van der Waals surface area contributed by atoms with Crippen molar-refractivity contribution >= 4 is 39.2 Å². The van der Waals surface area contributed by atoms with E-state index in [1.54, 1.807) is 18.2 Å². The van der Waals surface area contributed by atoms with Gasteiger partial charge in [0, 0.05) is 6.42 Å². The Morgan fingerprint density at radius 3 is 2.76 bits per heavy atom. The molecule has 3 aromatic rings. The maximum atomic E-state index is 13.9. The Bertz CT molecular complexity index is 916. The van der Waals surface area contributed by atoms with Gasteiger partial charge in [-0.2, -0.15) is 0 Å². The molecular formula is C19H16FNO3S. The number of hydrogen-bond donors (Lipinski definition) is 1. The van der Waals surface area contributed by atoms with Crippen molar-refractivity contribution in [2.24, 2.45) is 0 Å². The summed E-state index contributed by atoms with van der Waals surface area (Å²) >= 11 is 1.50. The van der Waals surface area contributed by atoms with Gasteiger partial charge in [0.25, 0.3) is 0 Å². The van der Waals surface area contributed by atoms with Crippen LogP contribution in [0.3, 0.4) is 0 Å². The zero-order chi connectivity index (χ0) is 17.8. The minimum Gasteiger partial charge on any atom is -0.494 e. The first-order valence-corrected chi connectivity index (χ1v) is 8.50. The summed E-state index contributed by atoms with van der Waals surface area (Å²) < 4.78 is 19.9. The van der Waals surface area contributed by atoms with E-state index in [-0.39, 0.29) is 12.2 Å². The summed E-state index contributed by atoms with van der Waals surface area (Å²) in [6, 6.07) is 12.4. The fourth-order valence-electron chi connectivity index (χ4n) is 2.47. The second-order valence-corrected chi connectivity index (χ2v) is 6.47. The largest absolute Gasteiger partial charge is 0.494 e. The van der Waals surface area contributed by atoms with E-state index in [1.165, 1.54) is 24.5 Å². The van der Waals surface area contributed by atoms with E-state index in [4.69, 9.17) is 9.84 Å². The first kappa shape index (κ1) is 17.1. The highest BCUT2D eigenvalue weighted by molar-refractivity contribution is 7.19. The smallest absolute Gasteiger partial charge is 0.303 e. The molecule has 0 amide bonds. The van der Waals surface area contributed by atoms with Crippen LogP contribution in [0.25, 0.3) is 21.9 Å². The van der Waals surface area contributed by atoms with Crippen molar-refractivity contribution in [2.45, 2.75) is 12.8 Å². The minimum absolute atomic E-state index is 0.0135. The number of ether oxygens (including phenoxy) is 1. The zero-order valence-corrected chi connectivity index (χ0v) is 14.3. The van der Waals surface area contributed by atoms with Gasteiger partial charge in [0.15, 0.2) is 11.6 Å². The molecule has 128 valence electrons. The van der Waals surface area contributed by atoms with Gasteiger partial charge < -0.3 is 9.84 Å². The van der Waals surface area contributed by atoms with Gasteiger partial charge in [-0.15, -0.1) is 11.3 Å². The molecule has 0 unspecified atom stereocenters. The quantitative estimate of drug-likeness (QED) is 0.685. The van der Waals surface area contributed by atoms with E-state index in [1.807, 2.05) is 24.3 Å². The lowest BCUT2D eigenvalue weighted by atomic mass is 10.1. The van der Waals surface area contributed by atoms with Gasteiger partial charge in [0.2, 0.25) is 0 Å². The van der Waals surface area contributed by atoms with Gasteiger partial charge >= 0.3 is 5.97 Å². The zero-order valence-electron chi connectivity index (χ0n) is 13.5. The Hall–Kier alpha value is -2.73. The van der Waals surface area contributed by atoms with Crippen LogP contribution in [0.4, 0.5) is 4.39 Å². The maximum absolute atomic E-state index is 13.9. The third-order valence-corrected chi connectivity index (χ3v) is 4.81. The SMILES string of the molecule is COc1ccc(/C=C(\CCC(=O)O)c2nc3ccccc3s2)cc1F. The predicted molar refractivity (Wildman–Crippen MR) is 97.3 cm³/mol. The van der Waals surface area contributed by atoms with Crippen LogP contribution >= 0.6 is 11.3 Å². The molecule has 1 heterocycles. The summed E-state index contributed by atoms with van der Waals surface area (Å²) in [5, 5.41) is 9.76. The average Bonchev–Trinajstić information content (AvgIpc) is 3.02. The number of aromatic nitrogens is 1. The van der Waals surface area contributed by atoms with Crippen molar-refractivity contribution in [3.05, 3.63) is 58.9 Å². The van der Waals surface area contributed by atoms with Crippen LogP contribution in [-0.2, 0) is 4.79 Å². The van der Waals surface area contributed by atoms with Crippen LogP contribution in [-0.4, -0.2) is 23.2 Å². The summed E-state index contributed by atoms with van der Waals surface area (Å²) in [5.74, 6) is -1.17. The van der Waals surface area contributed by atoms with Gasteiger partial charge in [0.1, 0.15) is 5.01 Å². The predicted octanol–water partition coefficient (Wildman–Crippen LogP) is 4.85. The molecule has 0 spiro atoms. The number of thiazole rings is 1. The van der Waals surface area contributed by atoms with E-state index < -0.39 is 11.8 Å². The molecule has 3 rings (SSSR count).